The highest BCUT2D eigenvalue weighted by molar-refractivity contribution is 5.90. The molecule has 160 valence electrons. The normalized spacial score (nSPS) is 17.0. The van der Waals surface area contributed by atoms with E-state index in [0.717, 1.165) is 31.3 Å². The molecule has 30 heavy (non-hydrogen) atoms. The molecule has 0 spiro atoms. The lowest BCUT2D eigenvalue weighted by molar-refractivity contribution is -0.116. The molecule has 1 aromatic heterocycles. The second kappa shape index (κ2) is 11.3. The summed E-state index contributed by atoms with van der Waals surface area (Å²) >= 11 is 0. The van der Waals surface area contributed by atoms with Gasteiger partial charge in [-0.05, 0) is 44.0 Å². The predicted octanol–water partition coefficient (Wildman–Crippen LogP) is 2.55. The Labute approximate surface area is 179 Å². The first-order valence-corrected chi connectivity index (χ1v) is 10.6. The lowest BCUT2D eigenvalue weighted by atomic mass is 10.2. The van der Waals surface area contributed by atoms with Gasteiger partial charge in [-0.3, -0.25) is 14.7 Å². The van der Waals surface area contributed by atoms with Crippen molar-refractivity contribution >= 4 is 17.7 Å². The van der Waals surface area contributed by atoms with E-state index >= 15 is 0 Å². The molecule has 1 unspecified atom stereocenters. The van der Waals surface area contributed by atoms with Gasteiger partial charge in [-0.2, -0.15) is 0 Å². The Kier molecular flexibility index (Phi) is 8.20. The number of carbonyl (C=O) groups is 1. The number of pyridine rings is 1. The van der Waals surface area contributed by atoms with Crippen LogP contribution in [0.15, 0.2) is 53.5 Å². The molecule has 1 saturated heterocycles. The van der Waals surface area contributed by atoms with Crippen molar-refractivity contribution in [2.75, 3.05) is 32.0 Å². The molecule has 1 fully saturated rings. The summed E-state index contributed by atoms with van der Waals surface area (Å²) < 4.78 is 0. The van der Waals surface area contributed by atoms with E-state index in [1.807, 2.05) is 19.1 Å². The number of amides is 1. The Morgan fingerprint density at radius 3 is 2.77 bits per heavy atom. The highest BCUT2D eigenvalue weighted by atomic mass is 16.1. The van der Waals surface area contributed by atoms with Crippen molar-refractivity contribution in [3.05, 3.63) is 59.8 Å². The largest absolute Gasteiger partial charge is 0.356 e. The number of rotatable bonds is 8. The zero-order valence-corrected chi connectivity index (χ0v) is 17.9. The first-order valence-electron chi connectivity index (χ1n) is 10.6. The number of carbonyl (C=O) groups excluding carboxylic acids is 1. The monoisotopic (exact) mass is 408 g/mol. The molecule has 3 rings (SSSR count). The van der Waals surface area contributed by atoms with E-state index in [0.29, 0.717) is 24.8 Å². The standard InChI is InChI=1S/C23H32N6O/c1-18-8-6-12-21(27-18)28-22(30)13-14-25-23(24-2)26-16-20-11-7-15-29(20)17-19-9-4-3-5-10-19/h3-6,8-10,12,20H,7,11,13-17H2,1-2H3,(H2,24,25,26)(H,27,28,30). The number of aliphatic imine (C=N–C) groups is 1. The van der Waals surface area contributed by atoms with Gasteiger partial charge in [0.2, 0.25) is 5.91 Å². The van der Waals surface area contributed by atoms with Gasteiger partial charge in [-0.15, -0.1) is 0 Å². The molecule has 1 atom stereocenters. The summed E-state index contributed by atoms with van der Waals surface area (Å²) in [5.74, 6) is 1.24. The average Bonchev–Trinajstić information content (AvgIpc) is 3.18. The first-order chi connectivity index (χ1) is 14.6. The summed E-state index contributed by atoms with van der Waals surface area (Å²) in [4.78, 5) is 23.2. The van der Waals surface area contributed by atoms with Crippen LogP contribution in [0, 0.1) is 6.92 Å². The number of likely N-dealkylation sites (tertiary alicyclic amines) is 1. The Balaban J connectivity index is 1.38. The molecule has 2 aromatic rings. The molecule has 1 aromatic carbocycles. The first kappa shape index (κ1) is 21.8. The summed E-state index contributed by atoms with van der Waals surface area (Å²) in [6, 6.07) is 16.7. The zero-order chi connectivity index (χ0) is 21.2. The molecule has 1 aliphatic rings. The molecule has 7 heteroatoms. The van der Waals surface area contributed by atoms with Gasteiger partial charge in [0.1, 0.15) is 5.82 Å². The SMILES string of the molecule is CN=C(NCCC(=O)Nc1cccc(C)n1)NCC1CCCN1Cc1ccccc1. The van der Waals surface area contributed by atoms with Crippen molar-refractivity contribution in [1.82, 2.24) is 20.5 Å². The Morgan fingerprint density at radius 1 is 1.17 bits per heavy atom. The van der Waals surface area contributed by atoms with Crippen LogP contribution in [0.2, 0.25) is 0 Å². The topological polar surface area (TPSA) is 81.6 Å². The molecule has 0 aliphatic carbocycles. The third-order valence-corrected chi connectivity index (χ3v) is 5.26. The number of anilines is 1. The van der Waals surface area contributed by atoms with Gasteiger partial charge < -0.3 is 16.0 Å². The number of nitrogens with zero attached hydrogens (tertiary/aromatic N) is 3. The maximum Gasteiger partial charge on any atom is 0.227 e. The highest BCUT2D eigenvalue weighted by Gasteiger charge is 2.24. The van der Waals surface area contributed by atoms with Crippen LogP contribution in [0.3, 0.4) is 0 Å². The van der Waals surface area contributed by atoms with Crippen LogP contribution in [0.4, 0.5) is 5.82 Å². The second-order valence-corrected chi connectivity index (χ2v) is 7.59. The van der Waals surface area contributed by atoms with Gasteiger partial charge in [0.05, 0.1) is 0 Å². The number of nitrogens with one attached hydrogen (secondary N) is 3. The minimum absolute atomic E-state index is 0.0686. The van der Waals surface area contributed by atoms with Crippen molar-refractivity contribution in [2.24, 2.45) is 4.99 Å². The smallest absolute Gasteiger partial charge is 0.227 e. The number of aryl methyl sites for hydroxylation is 1. The zero-order valence-electron chi connectivity index (χ0n) is 17.9. The van der Waals surface area contributed by atoms with Gasteiger partial charge in [-0.1, -0.05) is 36.4 Å². The van der Waals surface area contributed by atoms with E-state index in [1.54, 1.807) is 13.1 Å². The second-order valence-electron chi connectivity index (χ2n) is 7.59. The fourth-order valence-corrected chi connectivity index (χ4v) is 3.70. The van der Waals surface area contributed by atoms with E-state index < -0.39 is 0 Å². The lowest BCUT2D eigenvalue weighted by Crippen LogP contribution is -2.45. The van der Waals surface area contributed by atoms with Crippen molar-refractivity contribution in [2.45, 2.75) is 38.8 Å². The molecular formula is C23H32N6O. The van der Waals surface area contributed by atoms with Crippen LogP contribution in [0.1, 0.15) is 30.5 Å². The Bertz CT molecular complexity index is 839. The predicted molar refractivity (Wildman–Crippen MR) is 121 cm³/mol. The third-order valence-electron chi connectivity index (χ3n) is 5.26. The van der Waals surface area contributed by atoms with Crippen LogP contribution < -0.4 is 16.0 Å². The van der Waals surface area contributed by atoms with Crippen LogP contribution in [0.5, 0.6) is 0 Å². The number of hydrogen-bond donors (Lipinski definition) is 3. The molecule has 0 bridgehead atoms. The van der Waals surface area contributed by atoms with Crippen molar-refractivity contribution < 1.29 is 4.79 Å². The summed E-state index contributed by atoms with van der Waals surface area (Å²) in [5, 5.41) is 9.46. The summed E-state index contributed by atoms with van der Waals surface area (Å²) in [5.41, 5.74) is 2.23. The van der Waals surface area contributed by atoms with E-state index in [2.05, 4.69) is 61.2 Å². The third kappa shape index (κ3) is 6.84. The van der Waals surface area contributed by atoms with Crippen molar-refractivity contribution in [3.63, 3.8) is 0 Å². The number of benzene rings is 1. The molecule has 0 radical (unpaired) electrons. The lowest BCUT2D eigenvalue weighted by Gasteiger charge is -2.25. The van der Waals surface area contributed by atoms with E-state index in [9.17, 15) is 4.79 Å². The van der Waals surface area contributed by atoms with Gasteiger partial charge in [0, 0.05) is 44.8 Å². The summed E-state index contributed by atoms with van der Waals surface area (Å²) in [7, 11) is 1.75. The molecule has 1 aliphatic heterocycles. The van der Waals surface area contributed by atoms with Crippen molar-refractivity contribution in [1.29, 1.82) is 0 Å². The summed E-state index contributed by atoms with van der Waals surface area (Å²) in [6.45, 7) is 5.35. The minimum atomic E-state index is -0.0686. The van der Waals surface area contributed by atoms with E-state index in [4.69, 9.17) is 0 Å². The molecule has 3 N–H and O–H groups in total. The molecule has 7 nitrogen and oxygen atoms in total. The molecular weight excluding hydrogens is 376 g/mol. The van der Waals surface area contributed by atoms with E-state index in [1.165, 1.54) is 18.4 Å². The minimum Gasteiger partial charge on any atom is -0.356 e. The van der Waals surface area contributed by atoms with Gasteiger partial charge in [0.25, 0.3) is 0 Å². The maximum absolute atomic E-state index is 12.1. The quantitative estimate of drug-likeness (QED) is 0.462. The maximum atomic E-state index is 12.1. The van der Waals surface area contributed by atoms with Crippen LogP contribution in [-0.2, 0) is 11.3 Å². The van der Waals surface area contributed by atoms with Crippen LogP contribution >= 0.6 is 0 Å². The fourth-order valence-electron chi connectivity index (χ4n) is 3.70. The molecule has 0 saturated carbocycles. The van der Waals surface area contributed by atoms with E-state index in [-0.39, 0.29) is 5.91 Å². The van der Waals surface area contributed by atoms with Crippen LogP contribution in [-0.4, -0.2) is 54.5 Å². The van der Waals surface area contributed by atoms with Gasteiger partial charge in [0.15, 0.2) is 5.96 Å². The Morgan fingerprint density at radius 2 is 2.00 bits per heavy atom. The summed E-state index contributed by atoms with van der Waals surface area (Å²) in [6.07, 6.45) is 2.75. The fraction of sp³-hybridized carbons (Fsp3) is 0.435. The molecule has 2 heterocycles. The number of guanidine groups is 1. The number of hydrogen-bond acceptors (Lipinski definition) is 4. The van der Waals surface area contributed by atoms with Gasteiger partial charge >= 0.3 is 0 Å². The highest BCUT2D eigenvalue weighted by Crippen LogP contribution is 2.19. The van der Waals surface area contributed by atoms with Crippen molar-refractivity contribution in [3.8, 4) is 0 Å². The molecule has 1 amide bonds. The number of aromatic nitrogens is 1. The Hall–Kier alpha value is -2.93. The van der Waals surface area contributed by atoms with Gasteiger partial charge in [-0.25, -0.2) is 4.98 Å². The van der Waals surface area contributed by atoms with Crippen LogP contribution in [0.25, 0.3) is 0 Å². The average molecular weight is 409 g/mol.